The number of aromatic nitrogens is 4. The van der Waals surface area contributed by atoms with Gasteiger partial charge in [0.25, 0.3) is 0 Å². The number of nitrogens with zero attached hydrogens (tertiary/aromatic N) is 4. The molecule has 0 radical (unpaired) electrons. The Morgan fingerprint density at radius 2 is 1.91 bits per heavy atom. The Morgan fingerprint density at radius 3 is 2.47 bits per heavy atom. The highest BCUT2D eigenvalue weighted by Crippen LogP contribution is 2.41. The van der Waals surface area contributed by atoms with Crippen molar-refractivity contribution in [2.45, 2.75) is 15.9 Å². The van der Waals surface area contributed by atoms with Crippen LogP contribution >= 0.6 is 0 Å². The SMILES string of the molecule is NC[C@@H](O)CNS(=O)(=O)c1ccc(N2C[C@H]3CNC[C@H]3C2)c(-c2nn[nH]n2)c1S(N)(=O)=O. The van der Waals surface area contributed by atoms with E-state index in [0.717, 1.165) is 13.1 Å². The molecule has 0 unspecified atom stereocenters. The molecule has 0 aliphatic carbocycles. The van der Waals surface area contributed by atoms with Crippen molar-refractivity contribution in [1.29, 1.82) is 0 Å². The number of fused-ring (bicyclic) bond motifs is 1. The minimum atomic E-state index is -4.56. The largest absolute Gasteiger partial charge is 0.390 e. The van der Waals surface area contributed by atoms with Gasteiger partial charge in [-0.1, -0.05) is 0 Å². The maximum absolute atomic E-state index is 13.0. The van der Waals surface area contributed by atoms with Crippen molar-refractivity contribution < 1.29 is 21.9 Å². The lowest BCUT2D eigenvalue weighted by molar-refractivity contribution is 0.186. The normalized spacial score (nSPS) is 22.3. The Balaban J connectivity index is 1.87. The van der Waals surface area contributed by atoms with Gasteiger partial charge in [-0.25, -0.2) is 26.7 Å². The summed E-state index contributed by atoms with van der Waals surface area (Å²) in [6, 6.07) is 2.70. The summed E-state index contributed by atoms with van der Waals surface area (Å²) in [6.45, 7) is 2.43. The number of primary sulfonamides is 1. The summed E-state index contributed by atoms with van der Waals surface area (Å²) in [5.41, 5.74) is 5.72. The van der Waals surface area contributed by atoms with E-state index in [1.165, 1.54) is 12.1 Å². The first kappa shape index (κ1) is 23.0. The first-order valence-electron chi connectivity index (χ1n) is 9.89. The van der Waals surface area contributed by atoms with Crippen molar-refractivity contribution in [2.24, 2.45) is 22.7 Å². The first-order chi connectivity index (χ1) is 15.1. The molecule has 176 valence electrons. The predicted octanol–water partition coefficient (Wildman–Crippen LogP) is -3.23. The molecule has 0 amide bonds. The van der Waals surface area contributed by atoms with Crippen LogP contribution in [0.5, 0.6) is 0 Å². The highest BCUT2D eigenvalue weighted by Gasteiger charge is 2.39. The fraction of sp³-hybridized carbons (Fsp3) is 0.562. The quantitative estimate of drug-likeness (QED) is 0.217. The van der Waals surface area contributed by atoms with E-state index in [0.29, 0.717) is 30.6 Å². The standard InChI is InChI=1S/C16H25N9O5S2/c17-3-11(26)6-20-32(29,30)13-2-1-12(25-7-9-4-19-5-10(9)8-25)14(15(13)31(18,27)28)16-21-23-24-22-16/h1-2,9-11,19-20,26H,3-8,17H2,(H2,18,27,28)(H,21,22,23,24)/t9-,10+,11-/m1/s1. The topological polar surface area (TPSA) is 222 Å². The maximum atomic E-state index is 13.0. The molecule has 3 atom stereocenters. The van der Waals surface area contributed by atoms with Crippen molar-refractivity contribution >= 4 is 25.7 Å². The molecular weight excluding hydrogens is 462 g/mol. The van der Waals surface area contributed by atoms with E-state index in [2.05, 4.69) is 30.7 Å². The number of hydrogen-bond acceptors (Lipinski definition) is 11. The van der Waals surface area contributed by atoms with E-state index < -0.39 is 42.5 Å². The molecule has 2 aromatic rings. The number of sulfonamides is 2. The Kier molecular flexibility index (Phi) is 6.19. The van der Waals surface area contributed by atoms with E-state index in [-0.39, 0.29) is 17.9 Å². The number of hydrogen-bond donors (Lipinski definition) is 6. The Labute approximate surface area is 184 Å². The molecule has 0 bridgehead atoms. The van der Waals surface area contributed by atoms with Crippen LogP contribution in [0.3, 0.4) is 0 Å². The van der Waals surface area contributed by atoms with Gasteiger partial charge in [-0.3, -0.25) is 0 Å². The Morgan fingerprint density at radius 1 is 1.22 bits per heavy atom. The highest BCUT2D eigenvalue weighted by molar-refractivity contribution is 7.92. The molecule has 0 saturated carbocycles. The van der Waals surface area contributed by atoms with Crippen molar-refractivity contribution in [3.8, 4) is 11.4 Å². The van der Waals surface area contributed by atoms with Crippen LogP contribution in [0.1, 0.15) is 0 Å². The van der Waals surface area contributed by atoms with E-state index in [4.69, 9.17) is 10.9 Å². The molecule has 16 heteroatoms. The second-order valence-electron chi connectivity index (χ2n) is 7.89. The second kappa shape index (κ2) is 8.62. The van der Waals surface area contributed by atoms with E-state index >= 15 is 0 Å². The fourth-order valence-electron chi connectivity index (χ4n) is 4.21. The van der Waals surface area contributed by atoms with Gasteiger partial charge < -0.3 is 21.1 Å². The number of nitrogens with one attached hydrogen (secondary N) is 3. The molecule has 0 spiro atoms. The van der Waals surface area contributed by atoms with Crippen molar-refractivity contribution in [2.75, 3.05) is 44.2 Å². The lowest BCUT2D eigenvalue weighted by Crippen LogP contribution is -2.37. The number of aromatic amines is 1. The molecule has 1 aromatic heterocycles. The van der Waals surface area contributed by atoms with Gasteiger partial charge in [-0.05, 0) is 29.2 Å². The molecule has 8 N–H and O–H groups in total. The van der Waals surface area contributed by atoms with Gasteiger partial charge in [0.05, 0.1) is 11.7 Å². The third-order valence-corrected chi connectivity index (χ3v) is 8.34. The van der Waals surface area contributed by atoms with Gasteiger partial charge >= 0.3 is 0 Å². The van der Waals surface area contributed by atoms with Crippen LogP contribution in [0.15, 0.2) is 21.9 Å². The lowest BCUT2D eigenvalue weighted by Gasteiger charge is -2.24. The number of nitrogens with two attached hydrogens (primary N) is 2. The summed E-state index contributed by atoms with van der Waals surface area (Å²) >= 11 is 0. The monoisotopic (exact) mass is 487 g/mol. The number of aliphatic hydroxyl groups is 1. The molecule has 2 fully saturated rings. The number of anilines is 1. The zero-order valence-electron chi connectivity index (χ0n) is 17.0. The van der Waals surface area contributed by atoms with Crippen LogP contribution in [-0.4, -0.2) is 87.9 Å². The van der Waals surface area contributed by atoms with Crippen molar-refractivity contribution in [3.63, 3.8) is 0 Å². The molecule has 14 nitrogen and oxygen atoms in total. The molecule has 2 aliphatic heterocycles. The van der Waals surface area contributed by atoms with Gasteiger partial charge in [0, 0.05) is 45.0 Å². The summed E-state index contributed by atoms with van der Waals surface area (Å²) in [4.78, 5) is 0.772. The van der Waals surface area contributed by atoms with Gasteiger partial charge in [0.1, 0.15) is 9.79 Å². The van der Waals surface area contributed by atoms with Crippen LogP contribution in [0.2, 0.25) is 0 Å². The number of tetrazole rings is 1. The summed E-state index contributed by atoms with van der Waals surface area (Å²) in [6.07, 6.45) is -1.14. The van der Waals surface area contributed by atoms with Crippen molar-refractivity contribution in [3.05, 3.63) is 12.1 Å². The minimum Gasteiger partial charge on any atom is -0.390 e. The summed E-state index contributed by atoms with van der Waals surface area (Å²) in [7, 11) is -8.94. The smallest absolute Gasteiger partial charge is 0.242 e. The van der Waals surface area contributed by atoms with Gasteiger partial charge in [-0.2, -0.15) is 5.21 Å². The van der Waals surface area contributed by atoms with E-state index in [1.807, 2.05) is 4.90 Å². The van der Waals surface area contributed by atoms with Crippen LogP contribution in [0.25, 0.3) is 11.4 Å². The fourth-order valence-corrected chi connectivity index (χ4v) is 6.88. The predicted molar refractivity (Wildman–Crippen MR) is 113 cm³/mol. The molecule has 32 heavy (non-hydrogen) atoms. The first-order valence-corrected chi connectivity index (χ1v) is 12.9. The highest BCUT2D eigenvalue weighted by atomic mass is 32.2. The van der Waals surface area contributed by atoms with Crippen molar-refractivity contribution in [1.82, 2.24) is 30.7 Å². The Bertz CT molecular complexity index is 1170. The molecule has 1 aromatic carbocycles. The van der Waals surface area contributed by atoms with Gasteiger partial charge in [-0.15, -0.1) is 10.2 Å². The maximum Gasteiger partial charge on any atom is 0.242 e. The zero-order valence-corrected chi connectivity index (χ0v) is 18.6. The Hall–Kier alpha value is -2.21. The third kappa shape index (κ3) is 4.34. The lowest BCUT2D eigenvalue weighted by atomic mass is 10.0. The van der Waals surface area contributed by atoms with Gasteiger partial charge in [0.2, 0.25) is 25.9 Å². The van der Waals surface area contributed by atoms with E-state index in [1.54, 1.807) is 0 Å². The number of rotatable bonds is 8. The third-order valence-electron chi connectivity index (χ3n) is 5.75. The van der Waals surface area contributed by atoms with Crippen LogP contribution in [-0.2, 0) is 20.0 Å². The summed E-state index contributed by atoms with van der Waals surface area (Å²) in [5.74, 6) is 0.668. The van der Waals surface area contributed by atoms with Crippen LogP contribution < -0.4 is 25.8 Å². The minimum absolute atomic E-state index is 0.0450. The molecule has 3 heterocycles. The number of H-pyrrole nitrogens is 1. The second-order valence-corrected chi connectivity index (χ2v) is 11.1. The van der Waals surface area contributed by atoms with E-state index in [9.17, 15) is 21.9 Å². The number of benzene rings is 1. The average Bonchev–Trinajstić information content (AvgIpc) is 3.47. The van der Waals surface area contributed by atoms with Gasteiger partial charge in [0.15, 0.2) is 0 Å². The average molecular weight is 488 g/mol. The van der Waals surface area contributed by atoms with Crippen LogP contribution in [0.4, 0.5) is 5.69 Å². The molecule has 4 rings (SSSR count). The summed E-state index contributed by atoms with van der Waals surface area (Å²) in [5, 5.41) is 32.0. The molecule has 2 saturated heterocycles. The molecule has 2 aliphatic rings. The molecular formula is C16H25N9O5S2. The summed E-state index contributed by atoms with van der Waals surface area (Å²) < 4.78 is 53.4. The van der Waals surface area contributed by atoms with Crippen LogP contribution in [0, 0.1) is 11.8 Å². The zero-order chi connectivity index (χ0) is 23.1. The number of aliphatic hydroxyl groups excluding tert-OH is 1.